The van der Waals surface area contributed by atoms with Gasteiger partial charge >= 0.3 is 0 Å². The Labute approximate surface area is 154 Å². The molecule has 8 heteroatoms. The second kappa shape index (κ2) is 6.31. The summed E-state index contributed by atoms with van der Waals surface area (Å²) in [5.41, 5.74) is 8.84. The fourth-order valence-electron chi connectivity index (χ4n) is 2.94. The molecule has 1 aromatic carbocycles. The van der Waals surface area contributed by atoms with Gasteiger partial charge in [0.1, 0.15) is 17.2 Å². The largest absolute Gasteiger partial charge is 0.369 e. The first-order valence-electron chi connectivity index (χ1n) is 8.21. The highest BCUT2D eigenvalue weighted by Crippen LogP contribution is 2.30. The summed E-state index contributed by atoms with van der Waals surface area (Å²) in [5, 5.41) is 4.14. The molecule has 0 fully saturated rings. The molecule has 0 aliphatic rings. The second-order valence-corrected chi connectivity index (χ2v) is 6.23. The quantitative estimate of drug-likeness (QED) is 0.582. The van der Waals surface area contributed by atoms with Crippen molar-refractivity contribution in [1.82, 2.24) is 24.7 Å². The van der Waals surface area contributed by atoms with Gasteiger partial charge in [-0.15, -0.1) is 0 Å². The van der Waals surface area contributed by atoms with Crippen LogP contribution in [0, 0.1) is 11.7 Å². The third-order valence-electron chi connectivity index (χ3n) is 4.42. The fraction of sp³-hybridized carbons (Fsp3) is 0.105. The van der Waals surface area contributed by atoms with E-state index in [1.807, 2.05) is 13.2 Å². The van der Waals surface area contributed by atoms with Crippen LogP contribution in [0.2, 0.25) is 0 Å². The minimum absolute atomic E-state index is 0.178. The highest BCUT2D eigenvalue weighted by atomic mass is 19.1. The lowest BCUT2D eigenvalue weighted by Crippen LogP contribution is -2.20. The lowest BCUT2D eigenvalue weighted by molar-refractivity contribution is -0.115. The van der Waals surface area contributed by atoms with Crippen LogP contribution in [0.4, 0.5) is 4.39 Å². The van der Waals surface area contributed by atoms with E-state index in [1.165, 1.54) is 13.0 Å². The predicted octanol–water partition coefficient (Wildman–Crippen LogP) is 2.59. The summed E-state index contributed by atoms with van der Waals surface area (Å²) in [6.45, 7) is 1.50. The Morgan fingerprint density at radius 1 is 1.26 bits per heavy atom. The van der Waals surface area contributed by atoms with Gasteiger partial charge in [0.2, 0.25) is 5.91 Å². The number of hydrogen-bond donors (Lipinski definition) is 2. The number of aromatic nitrogens is 5. The first kappa shape index (κ1) is 16.9. The normalized spacial score (nSPS) is 11.4. The van der Waals surface area contributed by atoms with Crippen molar-refractivity contribution in [3.05, 3.63) is 60.2 Å². The number of benzene rings is 1. The van der Waals surface area contributed by atoms with Gasteiger partial charge in [0.15, 0.2) is 5.65 Å². The number of primary amides is 1. The van der Waals surface area contributed by atoms with Gasteiger partial charge < -0.3 is 10.7 Å². The number of halogens is 1. The molecule has 135 valence electrons. The van der Waals surface area contributed by atoms with Crippen molar-refractivity contribution in [2.45, 2.75) is 6.92 Å². The van der Waals surface area contributed by atoms with Crippen LogP contribution in [0.25, 0.3) is 33.7 Å². The standard InChI is InChI=1S/C19H16FN6O/c1-10(17(21)27)13-4-3-11(7-15(13)20)14-5-6-22-19-16(14)24-18(25-19)12-8-23-26(2)9-12/h3-9H,1-2H3,(H2,21,27)(H,22,24,25). The molecule has 27 heavy (non-hydrogen) atoms. The number of H-pyrrole nitrogens is 1. The zero-order valence-corrected chi connectivity index (χ0v) is 14.7. The van der Waals surface area contributed by atoms with Gasteiger partial charge in [-0.2, -0.15) is 5.10 Å². The molecule has 0 bridgehead atoms. The summed E-state index contributed by atoms with van der Waals surface area (Å²) in [6, 6.07) is 6.42. The molecule has 0 atom stereocenters. The molecule has 0 unspecified atom stereocenters. The summed E-state index contributed by atoms with van der Waals surface area (Å²) in [6.07, 6.45) is 5.18. The topological polar surface area (TPSA) is 102 Å². The summed E-state index contributed by atoms with van der Waals surface area (Å²) in [7, 11) is 1.82. The number of carbonyl (C=O) groups is 1. The van der Waals surface area contributed by atoms with Crippen LogP contribution < -0.4 is 5.73 Å². The summed E-state index contributed by atoms with van der Waals surface area (Å²) >= 11 is 0. The Balaban J connectivity index is 1.81. The van der Waals surface area contributed by atoms with Crippen molar-refractivity contribution in [3.63, 3.8) is 0 Å². The number of rotatable bonds is 4. The molecule has 0 spiro atoms. The molecule has 4 rings (SSSR count). The number of fused-ring (bicyclic) bond motifs is 1. The minimum atomic E-state index is -0.652. The Bertz CT molecular complexity index is 1160. The number of nitrogens with zero attached hydrogens (tertiary/aromatic N) is 4. The molecule has 3 aromatic heterocycles. The van der Waals surface area contributed by atoms with E-state index in [9.17, 15) is 9.18 Å². The van der Waals surface area contributed by atoms with Crippen molar-refractivity contribution in [3.8, 4) is 22.5 Å². The maximum atomic E-state index is 14.5. The smallest absolute Gasteiger partial charge is 0.229 e. The van der Waals surface area contributed by atoms with Gasteiger partial charge in [-0.3, -0.25) is 9.48 Å². The zero-order chi connectivity index (χ0) is 19.1. The molecule has 1 radical (unpaired) electrons. The first-order valence-corrected chi connectivity index (χ1v) is 8.21. The maximum absolute atomic E-state index is 14.5. The first-order chi connectivity index (χ1) is 12.9. The molecule has 1 amide bonds. The van der Waals surface area contributed by atoms with Gasteiger partial charge in [0, 0.05) is 30.6 Å². The average Bonchev–Trinajstić information content (AvgIpc) is 3.26. The molecular weight excluding hydrogens is 347 g/mol. The third kappa shape index (κ3) is 2.95. The van der Waals surface area contributed by atoms with Crippen LogP contribution in [0.15, 0.2) is 42.9 Å². The number of amides is 1. The van der Waals surface area contributed by atoms with Gasteiger partial charge in [-0.1, -0.05) is 12.1 Å². The zero-order valence-electron chi connectivity index (χ0n) is 14.7. The van der Waals surface area contributed by atoms with E-state index in [0.29, 0.717) is 22.6 Å². The fourth-order valence-corrected chi connectivity index (χ4v) is 2.94. The van der Waals surface area contributed by atoms with Crippen LogP contribution in [0.1, 0.15) is 12.5 Å². The van der Waals surface area contributed by atoms with Crippen LogP contribution in [0.5, 0.6) is 0 Å². The van der Waals surface area contributed by atoms with Crippen molar-refractivity contribution >= 4 is 17.1 Å². The van der Waals surface area contributed by atoms with Crippen molar-refractivity contribution < 1.29 is 9.18 Å². The molecule has 4 aromatic rings. The van der Waals surface area contributed by atoms with Gasteiger partial charge in [-0.25, -0.2) is 14.4 Å². The van der Waals surface area contributed by atoms with Crippen LogP contribution in [-0.2, 0) is 11.8 Å². The molecule has 0 saturated carbocycles. The molecule has 0 aliphatic carbocycles. The minimum Gasteiger partial charge on any atom is -0.369 e. The van der Waals surface area contributed by atoms with Crippen molar-refractivity contribution in [1.29, 1.82) is 0 Å². The van der Waals surface area contributed by atoms with Crippen LogP contribution in [-0.4, -0.2) is 30.6 Å². The summed E-state index contributed by atoms with van der Waals surface area (Å²) in [5.74, 6) is -0.358. The Hall–Kier alpha value is -3.55. The molecular formula is C19H16FN6O. The average molecular weight is 363 g/mol. The van der Waals surface area contributed by atoms with E-state index in [2.05, 4.69) is 20.1 Å². The molecule has 7 nitrogen and oxygen atoms in total. The Morgan fingerprint density at radius 2 is 2.07 bits per heavy atom. The number of imidazole rings is 1. The van der Waals surface area contributed by atoms with Crippen molar-refractivity contribution in [2.24, 2.45) is 12.8 Å². The predicted molar refractivity (Wildman–Crippen MR) is 98.7 cm³/mol. The molecule has 0 aliphatic heterocycles. The number of nitrogens with two attached hydrogens (primary N) is 1. The van der Waals surface area contributed by atoms with E-state index in [0.717, 1.165) is 11.1 Å². The molecule has 3 heterocycles. The number of aryl methyl sites for hydroxylation is 1. The van der Waals surface area contributed by atoms with Crippen LogP contribution in [0.3, 0.4) is 0 Å². The van der Waals surface area contributed by atoms with E-state index in [-0.39, 0.29) is 11.5 Å². The Morgan fingerprint density at radius 3 is 2.74 bits per heavy atom. The van der Waals surface area contributed by atoms with Crippen molar-refractivity contribution in [2.75, 3.05) is 0 Å². The number of aromatic amines is 1. The van der Waals surface area contributed by atoms with E-state index < -0.39 is 11.7 Å². The van der Waals surface area contributed by atoms with E-state index >= 15 is 0 Å². The van der Waals surface area contributed by atoms with Gasteiger partial charge in [-0.05, 0) is 24.6 Å². The van der Waals surface area contributed by atoms with E-state index in [4.69, 9.17) is 5.73 Å². The molecule has 3 N–H and O–H groups in total. The Kier molecular flexibility index (Phi) is 3.95. The molecule has 0 saturated heterocycles. The van der Waals surface area contributed by atoms with Crippen LogP contribution >= 0.6 is 0 Å². The lowest BCUT2D eigenvalue weighted by atomic mass is 9.96. The van der Waals surface area contributed by atoms with Gasteiger partial charge in [0.25, 0.3) is 0 Å². The lowest BCUT2D eigenvalue weighted by Gasteiger charge is -2.10. The van der Waals surface area contributed by atoms with Gasteiger partial charge in [0.05, 0.1) is 17.7 Å². The SMILES string of the molecule is C[C](C(N)=O)c1ccc(-c2ccnc3[nH]c(-c4cnn(C)c4)nc23)cc1F. The number of hydrogen-bond acceptors (Lipinski definition) is 4. The monoisotopic (exact) mass is 363 g/mol. The maximum Gasteiger partial charge on any atom is 0.229 e. The number of pyridine rings is 1. The number of carbonyl (C=O) groups excluding carboxylic acids is 1. The van der Waals surface area contributed by atoms with E-state index in [1.54, 1.807) is 35.3 Å². The summed E-state index contributed by atoms with van der Waals surface area (Å²) in [4.78, 5) is 23.4. The highest BCUT2D eigenvalue weighted by Gasteiger charge is 2.19. The second-order valence-electron chi connectivity index (χ2n) is 6.23. The highest BCUT2D eigenvalue weighted by molar-refractivity contribution is 5.94. The number of nitrogens with one attached hydrogen (secondary N) is 1. The summed E-state index contributed by atoms with van der Waals surface area (Å²) < 4.78 is 16.2. The third-order valence-corrected chi connectivity index (χ3v) is 4.42.